The predicted octanol–water partition coefficient (Wildman–Crippen LogP) is 5.58. The minimum atomic E-state index is -0.192. The first-order chi connectivity index (χ1) is 10.1. The van der Waals surface area contributed by atoms with Gasteiger partial charge < -0.3 is 4.74 Å². The third-order valence-electron chi connectivity index (χ3n) is 4.20. The predicted molar refractivity (Wildman–Crippen MR) is 91.6 cm³/mol. The highest BCUT2D eigenvalue weighted by atomic mass is 79.9. The van der Waals surface area contributed by atoms with Crippen molar-refractivity contribution in [3.63, 3.8) is 0 Å². The van der Waals surface area contributed by atoms with Crippen LogP contribution in [0.5, 0.6) is 5.75 Å². The average Bonchev–Trinajstić information content (AvgIpc) is 2.96. The Morgan fingerprint density at radius 3 is 2.67 bits per heavy atom. The van der Waals surface area contributed by atoms with Gasteiger partial charge in [0, 0.05) is 10.0 Å². The second-order valence-electron chi connectivity index (χ2n) is 5.59. The second kappa shape index (κ2) is 6.02. The first-order valence-electron chi connectivity index (χ1n) is 7.20. The quantitative estimate of drug-likeness (QED) is 0.645. The van der Waals surface area contributed by atoms with Crippen molar-refractivity contribution >= 4 is 27.5 Å². The largest absolute Gasteiger partial charge is 0.496 e. The lowest BCUT2D eigenvalue weighted by Gasteiger charge is -2.17. The number of fused-ring (bicyclic) bond motifs is 1. The van der Waals surface area contributed by atoms with E-state index in [9.17, 15) is 0 Å². The summed E-state index contributed by atoms with van der Waals surface area (Å²) in [5.41, 5.74) is 6.22. The summed E-state index contributed by atoms with van der Waals surface area (Å²) in [6.45, 7) is 2.05. The number of benzene rings is 2. The normalized spacial score (nSPS) is 14.9. The van der Waals surface area contributed by atoms with Crippen molar-refractivity contribution in [2.75, 3.05) is 7.11 Å². The van der Waals surface area contributed by atoms with Crippen LogP contribution >= 0.6 is 27.5 Å². The Kier molecular flexibility index (Phi) is 4.28. The molecule has 0 aliphatic heterocycles. The zero-order chi connectivity index (χ0) is 15.0. The lowest BCUT2D eigenvalue weighted by atomic mass is 9.98. The molecule has 3 rings (SSSR count). The molecule has 0 saturated carbocycles. The number of aryl methyl sites for hydroxylation is 3. The molecule has 0 heterocycles. The van der Waals surface area contributed by atoms with Crippen LogP contribution in [0.2, 0.25) is 0 Å². The zero-order valence-corrected chi connectivity index (χ0v) is 14.6. The first kappa shape index (κ1) is 14.9. The highest BCUT2D eigenvalue weighted by molar-refractivity contribution is 9.10. The smallest absolute Gasteiger partial charge is 0.124 e. The van der Waals surface area contributed by atoms with E-state index in [2.05, 4.69) is 47.1 Å². The summed E-state index contributed by atoms with van der Waals surface area (Å²) in [6, 6.07) is 10.7. The van der Waals surface area contributed by atoms with Crippen LogP contribution in [0, 0.1) is 6.92 Å². The minimum absolute atomic E-state index is 0.192. The van der Waals surface area contributed by atoms with Gasteiger partial charge in [-0.2, -0.15) is 0 Å². The molecule has 1 unspecified atom stereocenters. The van der Waals surface area contributed by atoms with Crippen molar-refractivity contribution in [1.82, 2.24) is 0 Å². The average molecular weight is 366 g/mol. The van der Waals surface area contributed by atoms with E-state index in [-0.39, 0.29) is 5.38 Å². The lowest BCUT2D eigenvalue weighted by Crippen LogP contribution is -2.00. The standard InChI is InChI=1S/C18H18BrClO/c1-11-8-17(21-2)15(10-16(11)19)18(20)14-7-6-12-4-3-5-13(12)9-14/h6-10,18H,3-5H2,1-2H3. The summed E-state index contributed by atoms with van der Waals surface area (Å²) in [7, 11) is 1.69. The summed E-state index contributed by atoms with van der Waals surface area (Å²) in [4.78, 5) is 0. The fraction of sp³-hybridized carbons (Fsp3) is 0.333. The van der Waals surface area contributed by atoms with Crippen molar-refractivity contribution < 1.29 is 4.74 Å². The Bertz CT molecular complexity index is 681. The van der Waals surface area contributed by atoms with E-state index in [1.54, 1.807) is 7.11 Å². The Balaban J connectivity index is 2.02. The molecule has 2 aromatic rings. The van der Waals surface area contributed by atoms with Crippen molar-refractivity contribution in [3.8, 4) is 5.75 Å². The van der Waals surface area contributed by atoms with Gasteiger partial charge in [0.1, 0.15) is 5.75 Å². The van der Waals surface area contributed by atoms with Crippen LogP contribution in [-0.2, 0) is 12.8 Å². The van der Waals surface area contributed by atoms with Gasteiger partial charge in [0.05, 0.1) is 12.5 Å². The number of alkyl halides is 1. The van der Waals surface area contributed by atoms with Crippen LogP contribution in [0.4, 0.5) is 0 Å². The van der Waals surface area contributed by atoms with Crippen LogP contribution in [-0.4, -0.2) is 7.11 Å². The van der Waals surface area contributed by atoms with Gasteiger partial charge in [-0.1, -0.05) is 34.1 Å². The fourth-order valence-electron chi connectivity index (χ4n) is 2.97. The topological polar surface area (TPSA) is 9.23 Å². The third kappa shape index (κ3) is 2.84. The molecular formula is C18H18BrClO. The van der Waals surface area contributed by atoms with Gasteiger partial charge in [-0.15, -0.1) is 11.6 Å². The molecule has 0 spiro atoms. The van der Waals surface area contributed by atoms with E-state index in [1.165, 1.54) is 30.4 Å². The molecule has 0 bridgehead atoms. The molecule has 0 saturated heterocycles. The molecule has 1 aliphatic carbocycles. The highest BCUT2D eigenvalue weighted by Crippen LogP contribution is 2.39. The zero-order valence-electron chi connectivity index (χ0n) is 12.2. The number of hydrogen-bond acceptors (Lipinski definition) is 1. The van der Waals surface area contributed by atoms with Crippen molar-refractivity contribution in [3.05, 3.63) is 62.6 Å². The van der Waals surface area contributed by atoms with Gasteiger partial charge in [0.15, 0.2) is 0 Å². The first-order valence-corrected chi connectivity index (χ1v) is 8.43. The molecule has 1 aliphatic rings. The molecule has 110 valence electrons. The molecule has 3 heteroatoms. The molecule has 0 N–H and O–H groups in total. The van der Waals surface area contributed by atoms with Crippen LogP contribution in [0.1, 0.15) is 39.6 Å². The summed E-state index contributed by atoms with van der Waals surface area (Å²) >= 11 is 10.3. The minimum Gasteiger partial charge on any atom is -0.496 e. The van der Waals surface area contributed by atoms with E-state index in [0.29, 0.717) is 0 Å². The Morgan fingerprint density at radius 1 is 1.14 bits per heavy atom. The molecule has 2 aromatic carbocycles. The van der Waals surface area contributed by atoms with Crippen LogP contribution in [0.3, 0.4) is 0 Å². The summed E-state index contributed by atoms with van der Waals surface area (Å²) < 4.78 is 6.57. The molecule has 21 heavy (non-hydrogen) atoms. The molecular weight excluding hydrogens is 348 g/mol. The summed E-state index contributed by atoms with van der Waals surface area (Å²) in [5.74, 6) is 0.844. The monoisotopic (exact) mass is 364 g/mol. The van der Waals surface area contributed by atoms with E-state index in [1.807, 2.05) is 6.07 Å². The van der Waals surface area contributed by atoms with Crippen molar-refractivity contribution in [1.29, 1.82) is 0 Å². The maximum atomic E-state index is 6.74. The molecule has 0 amide bonds. The molecule has 1 nitrogen and oxygen atoms in total. The van der Waals surface area contributed by atoms with E-state index in [0.717, 1.165) is 26.9 Å². The van der Waals surface area contributed by atoms with Crippen LogP contribution in [0.15, 0.2) is 34.8 Å². The fourth-order valence-corrected chi connectivity index (χ4v) is 3.64. The molecule has 0 radical (unpaired) electrons. The van der Waals surface area contributed by atoms with Gasteiger partial charge in [-0.25, -0.2) is 0 Å². The maximum Gasteiger partial charge on any atom is 0.124 e. The van der Waals surface area contributed by atoms with Crippen LogP contribution in [0.25, 0.3) is 0 Å². The van der Waals surface area contributed by atoms with Gasteiger partial charge in [0.2, 0.25) is 0 Å². The second-order valence-corrected chi connectivity index (χ2v) is 6.88. The van der Waals surface area contributed by atoms with E-state index < -0.39 is 0 Å². The van der Waals surface area contributed by atoms with E-state index in [4.69, 9.17) is 16.3 Å². The molecule has 1 atom stereocenters. The van der Waals surface area contributed by atoms with Crippen LogP contribution < -0.4 is 4.74 Å². The number of ether oxygens (including phenoxy) is 1. The number of halogens is 2. The Morgan fingerprint density at radius 2 is 1.90 bits per heavy atom. The van der Waals surface area contributed by atoms with Gasteiger partial charge in [-0.05, 0) is 60.6 Å². The van der Waals surface area contributed by atoms with Gasteiger partial charge >= 0.3 is 0 Å². The van der Waals surface area contributed by atoms with E-state index >= 15 is 0 Å². The number of hydrogen-bond donors (Lipinski definition) is 0. The van der Waals surface area contributed by atoms with Crippen molar-refractivity contribution in [2.45, 2.75) is 31.6 Å². The highest BCUT2D eigenvalue weighted by Gasteiger charge is 2.19. The summed E-state index contributed by atoms with van der Waals surface area (Å²) in [5, 5.41) is -0.192. The Hall–Kier alpha value is -0.990. The van der Waals surface area contributed by atoms with Gasteiger partial charge in [0.25, 0.3) is 0 Å². The molecule has 0 aromatic heterocycles. The lowest BCUT2D eigenvalue weighted by molar-refractivity contribution is 0.409. The SMILES string of the molecule is COc1cc(C)c(Br)cc1C(Cl)c1ccc2c(c1)CCC2. The maximum absolute atomic E-state index is 6.74. The molecule has 0 fully saturated rings. The van der Waals surface area contributed by atoms with Gasteiger partial charge in [-0.3, -0.25) is 0 Å². The van der Waals surface area contributed by atoms with Crippen molar-refractivity contribution in [2.24, 2.45) is 0 Å². The number of methoxy groups -OCH3 is 1. The Labute approximate surface area is 139 Å². The summed E-state index contributed by atoms with van der Waals surface area (Å²) in [6.07, 6.45) is 3.62. The third-order valence-corrected chi connectivity index (χ3v) is 5.54. The number of rotatable bonds is 3.